The first-order chi connectivity index (χ1) is 11.0. The number of aryl methyl sites for hydroxylation is 1. The molecule has 1 heterocycles. The molecule has 2 atom stereocenters. The van der Waals surface area contributed by atoms with Crippen LogP contribution in [0.4, 0.5) is 0 Å². The third-order valence-corrected chi connectivity index (χ3v) is 4.75. The van der Waals surface area contributed by atoms with Gasteiger partial charge in [0.15, 0.2) is 6.10 Å². The van der Waals surface area contributed by atoms with E-state index < -0.39 is 6.10 Å². The van der Waals surface area contributed by atoms with E-state index in [0.717, 1.165) is 17.7 Å². The lowest BCUT2D eigenvalue weighted by molar-refractivity contribution is -0.166. The zero-order chi connectivity index (χ0) is 16.6. The van der Waals surface area contributed by atoms with Crippen molar-refractivity contribution >= 4 is 11.8 Å². The molecule has 2 aliphatic rings. The van der Waals surface area contributed by atoms with Crippen LogP contribution in [0.15, 0.2) is 24.3 Å². The number of likely N-dealkylation sites (N-methyl/N-ethyl adjacent to an activating group) is 2. The Labute approximate surface area is 137 Å². The fourth-order valence-electron chi connectivity index (χ4n) is 3.08. The van der Waals surface area contributed by atoms with Crippen LogP contribution in [0.2, 0.25) is 0 Å². The fraction of sp³-hybridized carbons (Fsp3) is 0.556. The van der Waals surface area contributed by atoms with Crippen LogP contribution in [0, 0.1) is 12.8 Å². The van der Waals surface area contributed by atoms with E-state index in [0.29, 0.717) is 5.92 Å². The molecular weight excluding hydrogens is 292 g/mol. The molecule has 1 aliphatic heterocycles. The van der Waals surface area contributed by atoms with E-state index in [4.69, 9.17) is 4.74 Å². The number of carbonyl (C=O) groups is 2. The summed E-state index contributed by atoms with van der Waals surface area (Å²) in [5.41, 5.74) is 2.08. The molecule has 124 valence electrons. The zero-order valence-electron chi connectivity index (χ0n) is 14.0. The molecule has 1 aromatic rings. The van der Waals surface area contributed by atoms with Gasteiger partial charge in [0.25, 0.3) is 5.91 Å². The summed E-state index contributed by atoms with van der Waals surface area (Å²) in [6.07, 6.45) is 1.76. The summed E-state index contributed by atoms with van der Waals surface area (Å²) in [7, 11) is 3.57. The van der Waals surface area contributed by atoms with E-state index >= 15 is 0 Å². The minimum Gasteiger partial charge on any atom is -0.356 e. The van der Waals surface area contributed by atoms with Crippen LogP contribution in [-0.2, 0) is 14.3 Å². The van der Waals surface area contributed by atoms with Crippen molar-refractivity contribution in [1.29, 1.82) is 0 Å². The Balaban J connectivity index is 1.84. The number of rotatable bonds is 4. The SMILES string of the molecule is Cc1ccc(C2C(C(=O)N(C)CC3CC3)OCC(=O)N2C)cc1. The molecule has 5 nitrogen and oxygen atoms in total. The van der Waals surface area contributed by atoms with Gasteiger partial charge >= 0.3 is 0 Å². The number of benzene rings is 1. The molecule has 0 spiro atoms. The van der Waals surface area contributed by atoms with E-state index in [-0.39, 0.29) is 24.5 Å². The molecule has 0 N–H and O–H groups in total. The van der Waals surface area contributed by atoms with Gasteiger partial charge in [-0.15, -0.1) is 0 Å². The molecule has 2 fully saturated rings. The van der Waals surface area contributed by atoms with Crippen molar-refractivity contribution in [3.63, 3.8) is 0 Å². The largest absolute Gasteiger partial charge is 0.356 e. The molecule has 0 bridgehead atoms. The van der Waals surface area contributed by atoms with Crippen LogP contribution in [0.5, 0.6) is 0 Å². The van der Waals surface area contributed by atoms with Gasteiger partial charge in [0.2, 0.25) is 5.91 Å². The topological polar surface area (TPSA) is 49.9 Å². The first-order valence-electron chi connectivity index (χ1n) is 8.16. The summed E-state index contributed by atoms with van der Waals surface area (Å²) in [4.78, 5) is 28.3. The van der Waals surface area contributed by atoms with Crippen LogP contribution in [-0.4, -0.2) is 55.0 Å². The van der Waals surface area contributed by atoms with Crippen LogP contribution < -0.4 is 0 Å². The summed E-state index contributed by atoms with van der Waals surface area (Å²) in [6, 6.07) is 7.57. The highest BCUT2D eigenvalue weighted by Crippen LogP contribution is 2.32. The third-order valence-electron chi connectivity index (χ3n) is 4.75. The van der Waals surface area contributed by atoms with Gasteiger partial charge in [-0.05, 0) is 31.2 Å². The first kappa shape index (κ1) is 16.0. The molecule has 3 rings (SSSR count). The van der Waals surface area contributed by atoms with E-state index in [1.807, 2.05) is 38.2 Å². The molecule has 1 saturated carbocycles. The zero-order valence-corrected chi connectivity index (χ0v) is 14.0. The van der Waals surface area contributed by atoms with E-state index in [9.17, 15) is 9.59 Å². The Bertz CT molecular complexity index is 595. The van der Waals surface area contributed by atoms with Gasteiger partial charge in [-0.1, -0.05) is 29.8 Å². The second-order valence-corrected chi connectivity index (χ2v) is 6.75. The fourth-order valence-corrected chi connectivity index (χ4v) is 3.08. The van der Waals surface area contributed by atoms with Crippen LogP contribution in [0.25, 0.3) is 0 Å². The number of amides is 2. The summed E-state index contributed by atoms with van der Waals surface area (Å²) >= 11 is 0. The molecule has 0 aromatic heterocycles. The summed E-state index contributed by atoms with van der Waals surface area (Å²) in [6.45, 7) is 2.76. The molecule has 1 aromatic carbocycles. The molecule has 5 heteroatoms. The van der Waals surface area contributed by atoms with Crippen molar-refractivity contribution in [3.8, 4) is 0 Å². The molecule has 1 aliphatic carbocycles. The molecular formula is C18H24N2O3. The van der Waals surface area contributed by atoms with Gasteiger partial charge in [0.1, 0.15) is 6.61 Å². The maximum Gasteiger partial charge on any atom is 0.253 e. The standard InChI is InChI=1S/C18H24N2O3/c1-12-4-8-14(9-5-12)16-17(23-11-15(21)20(16)3)18(22)19(2)10-13-6-7-13/h4-5,8-9,13,16-17H,6-7,10-11H2,1-3H3. The van der Waals surface area contributed by atoms with Gasteiger partial charge in [0.05, 0.1) is 6.04 Å². The van der Waals surface area contributed by atoms with Crippen molar-refractivity contribution in [2.45, 2.75) is 31.9 Å². The van der Waals surface area contributed by atoms with Crippen LogP contribution in [0.3, 0.4) is 0 Å². The van der Waals surface area contributed by atoms with Crippen molar-refractivity contribution in [2.24, 2.45) is 5.92 Å². The number of carbonyl (C=O) groups excluding carboxylic acids is 2. The normalized spacial score (nSPS) is 24.7. The van der Waals surface area contributed by atoms with Gasteiger partial charge < -0.3 is 14.5 Å². The Morgan fingerprint density at radius 1 is 1.30 bits per heavy atom. The number of morpholine rings is 1. The summed E-state index contributed by atoms with van der Waals surface area (Å²) in [5, 5.41) is 0. The van der Waals surface area contributed by atoms with E-state index in [1.54, 1.807) is 16.8 Å². The second-order valence-electron chi connectivity index (χ2n) is 6.75. The van der Waals surface area contributed by atoms with Gasteiger partial charge in [-0.3, -0.25) is 9.59 Å². The highest BCUT2D eigenvalue weighted by Gasteiger charge is 2.41. The lowest BCUT2D eigenvalue weighted by Gasteiger charge is -2.39. The predicted octanol–water partition coefficient (Wildman–Crippen LogP) is 1.76. The smallest absolute Gasteiger partial charge is 0.253 e. The van der Waals surface area contributed by atoms with Gasteiger partial charge in [0, 0.05) is 20.6 Å². The van der Waals surface area contributed by atoms with Gasteiger partial charge in [-0.25, -0.2) is 0 Å². The van der Waals surface area contributed by atoms with Crippen molar-refractivity contribution in [1.82, 2.24) is 9.80 Å². The Hall–Kier alpha value is -1.88. The van der Waals surface area contributed by atoms with Crippen molar-refractivity contribution < 1.29 is 14.3 Å². The number of ether oxygens (including phenoxy) is 1. The average Bonchev–Trinajstić information content (AvgIpc) is 3.34. The van der Waals surface area contributed by atoms with Gasteiger partial charge in [-0.2, -0.15) is 0 Å². The lowest BCUT2D eigenvalue weighted by Crippen LogP contribution is -2.53. The van der Waals surface area contributed by atoms with Crippen LogP contribution >= 0.6 is 0 Å². The Morgan fingerprint density at radius 2 is 1.96 bits per heavy atom. The molecule has 23 heavy (non-hydrogen) atoms. The summed E-state index contributed by atoms with van der Waals surface area (Å²) in [5.74, 6) is 0.496. The first-order valence-corrected chi connectivity index (χ1v) is 8.16. The Morgan fingerprint density at radius 3 is 2.57 bits per heavy atom. The second kappa shape index (κ2) is 6.32. The monoisotopic (exact) mass is 316 g/mol. The third kappa shape index (κ3) is 3.39. The molecule has 0 radical (unpaired) electrons. The number of nitrogens with zero attached hydrogens (tertiary/aromatic N) is 2. The Kier molecular flexibility index (Phi) is 4.39. The van der Waals surface area contributed by atoms with Crippen LogP contribution in [0.1, 0.15) is 30.0 Å². The quantitative estimate of drug-likeness (QED) is 0.850. The molecule has 2 amide bonds. The maximum absolute atomic E-state index is 12.8. The molecule has 1 saturated heterocycles. The molecule has 2 unspecified atom stereocenters. The highest BCUT2D eigenvalue weighted by atomic mass is 16.5. The number of hydrogen-bond acceptors (Lipinski definition) is 3. The minimum atomic E-state index is -0.635. The minimum absolute atomic E-state index is 0.0352. The number of hydrogen-bond donors (Lipinski definition) is 0. The summed E-state index contributed by atoms with van der Waals surface area (Å²) < 4.78 is 5.66. The van der Waals surface area contributed by atoms with Crippen molar-refractivity contribution in [3.05, 3.63) is 35.4 Å². The highest BCUT2D eigenvalue weighted by molar-refractivity contribution is 5.86. The maximum atomic E-state index is 12.8. The average molecular weight is 316 g/mol. The predicted molar refractivity (Wildman–Crippen MR) is 86.8 cm³/mol. The van der Waals surface area contributed by atoms with E-state index in [1.165, 1.54) is 12.8 Å². The van der Waals surface area contributed by atoms with Crippen molar-refractivity contribution in [2.75, 3.05) is 27.2 Å². The lowest BCUT2D eigenvalue weighted by atomic mass is 9.96. The van der Waals surface area contributed by atoms with E-state index in [2.05, 4.69) is 0 Å².